The monoisotopic (exact) mass is 571 g/mol. The van der Waals surface area contributed by atoms with Crippen LogP contribution in [0.2, 0.25) is 5.02 Å². The first-order chi connectivity index (χ1) is 18.1. The van der Waals surface area contributed by atoms with Crippen molar-refractivity contribution in [3.63, 3.8) is 0 Å². The minimum absolute atomic E-state index is 0.0357. The topological polar surface area (TPSA) is 113 Å². The fourth-order valence-corrected chi connectivity index (χ4v) is 7.04. The van der Waals surface area contributed by atoms with E-state index < -0.39 is 38.3 Å². The standard InChI is InChI=1S/C26H19ClFN3O5S2/c27-22-6-2-3-7-23(22)30-37(33,34)19-12-10-18(11-13-19)29-26(32)16-31-24-14-9-17(28)15-21(24)20-5-1-4-8-25(20)38(31,35)36/h1-15,30H,16H2,(H,29,32). The van der Waals surface area contributed by atoms with E-state index in [9.17, 15) is 26.0 Å². The second-order valence-corrected chi connectivity index (χ2v) is 12.2. The largest absolute Gasteiger partial charge is 0.325 e. The molecular formula is C26H19ClFN3O5S2. The minimum atomic E-state index is -4.10. The maximum absolute atomic E-state index is 14.0. The number of rotatable bonds is 6. The van der Waals surface area contributed by atoms with Crippen molar-refractivity contribution in [3.8, 4) is 11.1 Å². The van der Waals surface area contributed by atoms with E-state index >= 15 is 0 Å². The van der Waals surface area contributed by atoms with E-state index in [1.807, 2.05) is 0 Å². The third-order valence-electron chi connectivity index (χ3n) is 5.83. The zero-order valence-corrected chi connectivity index (χ0v) is 21.8. The molecule has 0 fully saturated rings. The summed E-state index contributed by atoms with van der Waals surface area (Å²) in [4.78, 5) is 12.8. The van der Waals surface area contributed by atoms with Crippen LogP contribution in [-0.4, -0.2) is 29.3 Å². The molecule has 0 radical (unpaired) electrons. The number of hydrogen-bond acceptors (Lipinski definition) is 5. The van der Waals surface area contributed by atoms with Gasteiger partial charge in [-0.3, -0.25) is 13.8 Å². The van der Waals surface area contributed by atoms with Gasteiger partial charge in [0.15, 0.2) is 0 Å². The average Bonchev–Trinajstić information content (AvgIpc) is 2.88. The van der Waals surface area contributed by atoms with Crippen LogP contribution in [0.15, 0.2) is 101 Å². The summed E-state index contributed by atoms with van der Waals surface area (Å²) in [5, 5.41) is 2.81. The van der Waals surface area contributed by atoms with E-state index in [2.05, 4.69) is 10.0 Å². The van der Waals surface area contributed by atoms with Gasteiger partial charge in [-0.2, -0.15) is 0 Å². The maximum atomic E-state index is 14.0. The highest BCUT2D eigenvalue weighted by atomic mass is 35.5. The Morgan fingerprint density at radius 1 is 0.895 bits per heavy atom. The summed E-state index contributed by atoms with van der Waals surface area (Å²) in [5.74, 6) is -1.21. The number of sulfonamides is 2. The highest BCUT2D eigenvalue weighted by Gasteiger charge is 2.36. The van der Waals surface area contributed by atoms with Gasteiger partial charge in [0.2, 0.25) is 5.91 Å². The van der Waals surface area contributed by atoms with Crippen molar-refractivity contribution in [2.75, 3.05) is 20.9 Å². The van der Waals surface area contributed by atoms with E-state index in [0.717, 1.165) is 10.4 Å². The van der Waals surface area contributed by atoms with Crippen molar-refractivity contribution in [2.24, 2.45) is 0 Å². The summed E-state index contributed by atoms with van der Waals surface area (Å²) in [6, 6.07) is 21.6. The average molecular weight is 572 g/mol. The molecule has 0 unspecified atom stereocenters. The first kappa shape index (κ1) is 25.7. The van der Waals surface area contributed by atoms with Crippen LogP contribution in [0.1, 0.15) is 0 Å². The molecule has 1 heterocycles. The third-order valence-corrected chi connectivity index (χ3v) is 9.36. The fourth-order valence-electron chi connectivity index (χ4n) is 4.07. The van der Waals surface area contributed by atoms with E-state index in [1.165, 1.54) is 48.5 Å². The molecule has 2 N–H and O–H groups in total. The second kappa shape index (κ2) is 9.75. The second-order valence-electron chi connectivity index (χ2n) is 8.33. The zero-order chi connectivity index (χ0) is 27.1. The molecule has 5 rings (SSSR count). The highest BCUT2D eigenvalue weighted by Crippen LogP contribution is 2.43. The van der Waals surface area contributed by atoms with Gasteiger partial charge < -0.3 is 5.32 Å². The summed E-state index contributed by atoms with van der Waals surface area (Å²) < 4.78 is 69.4. The Bertz CT molecular complexity index is 1780. The molecule has 0 bridgehead atoms. The quantitative estimate of drug-likeness (QED) is 0.334. The summed E-state index contributed by atoms with van der Waals surface area (Å²) >= 11 is 6.03. The van der Waals surface area contributed by atoms with Crippen molar-refractivity contribution in [1.82, 2.24) is 0 Å². The SMILES string of the molecule is O=C(CN1c2ccc(F)cc2-c2ccccc2S1(=O)=O)Nc1ccc(S(=O)(=O)Nc2ccccc2Cl)cc1. The molecule has 0 aromatic heterocycles. The number of benzene rings is 4. The number of nitrogens with zero attached hydrogens (tertiary/aromatic N) is 1. The number of hydrogen-bond donors (Lipinski definition) is 2. The van der Waals surface area contributed by atoms with Crippen molar-refractivity contribution >= 4 is 54.6 Å². The van der Waals surface area contributed by atoms with Crippen LogP contribution in [0.4, 0.5) is 21.5 Å². The van der Waals surface area contributed by atoms with Crippen LogP contribution >= 0.6 is 11.6 Å². The van der Waals surface area contributed by atoms with Crippen LogP contribution < -0.4 is 14.3 Å². The predicted octanol–water partition coefficient (Wildman–Crippen LogP) is 5.09. The molecule has 8 nitrogen and oxygen atoms in total. The normalized spacial score (nSPS) is 13.8. The lowest BCUT2D eigenvalue weighted by atomic mass is 10.0. The van der Waals surface area contributed by atoms with Gasteiger partial charge in [0.05, 0.1) is 26.2 Å². The summed E-state index contributed by atoms with van der Waals surface area (Å²) in [7, 11) is -8.05. The number of amides is 1. The molecule has 4 aromatic carbocycles. The summed E-state index contributed by atoms with van der Waals surface area (Å²) in [5.41, 5.74) is 1.34. The van der Waals surface area contributed by atoms with Gasteiger partial charge in [-0.05, 0) is 60.7 Å². The van der Waals surface area contributed by atoms with Crippen molar-refractivity contribution in [3.05, 3.63) is 102 Å². The Labute approximate surface area is 223 Å². The number of halogens is 2. The van der Waals surface area contributed by atoms with Crippen LogP contribution in [0, 0.1) is 5.82 Å². The lowest BCUT2D eigenvalue weighted by Crippen LogP contribution is -2.40. The van der Waals surface area contributed by atoms with Gasteiger partial charge in [-0.25, -0.2) is 21.2 Å². The number of carbonyl (C=O) groups is 1. The molecule has 12 heteroatoms. The van der Waals surface area contributed by atoms with E-state index in [1.54, 1.807) is 36.4 Å². The van der Waals surface area contributed by atoms with Crippen LogP contribution in [-0.2, 0) is 24.8 Å². The van der Waals surface area contributed by atoms with E-state index in [0.29, 0.717) is 11.1 Å². The molecule has 0 saturated carbocycles. The number of para-hydroxylation sites is 1. The minimum Gasteiger partial charge on any atom is -0.325 e. The van der Waals surface area contributed by atoms with Crippen molar-refractivity contribution in [1.29, 1.82) is 0 Å². The zero-order valence-electron chi connectivity index (χ0n) is 19.4. The predicted molar refractivity (Wildman–Crippen MR) is 144 cm³/mol. The number of carbonyl (C=O) groups excluding carboxylic acids is 1. The lowest BCUT2D eigenvalue weighted by Gasteiger charge is -2.31. The summed E-state index contributed by atoms with van der Waals surface area (Å²) in [6.07, 6.45) is 0. The van der Waals surface area contributed by atoms with Gasteiger partial charge in [0, 0.05) is 16.8 Å². The maximum Gasteiger partial charge on any atom is 0.265 e. The number of fused-ring (bicyclic) bond motifs is 3. The van der Waals surface area contributed by atoms with Gasteiger partial charge in [-0.1, -0.05) is 41.9 Å². The smallest absolute Gasteiger partial charge is 0.265 e. The van der Waals surface area contributed by atoms with Crippen LogP contribution in [0.5, 0.6) is 0 Å². The molecule has 4 aromatic rings. The molecule has 0 saturated heterocycles. The number of nitrogens with one attached hydrogen (secondary N) is 2. The molecule has 0 atom stereocenters. The van der Waals surface area contributed by atoms with Gasteiger partial charge in [-0.15, -0.1) is 0 Å². The van der Waals surface area contributed by atoms with Crippen LogP contribution in [0.25, 0.3) is 11.1 Å². The van der Waals surface area contributed by atoms with Gasteiger partial charge in [0.1, 0.15) is 12.4 Å². The molecule has 1 amide bonds. The Morgan fingerprint density at radius 2 is 1.58 bits per heavy atom. The Balaban J connectivity index is 1.36. The van der Waals surface area contributed by atoms with E-state index in [4.69, 9.17) is 11.6 Å². The van der Waals surface area contributed by atoms with Crippen molar-refractivity contribution in [2.45, 2.75) is 9.79 Å². The summed E-state index contributed by atoms with van der Waals surface area (Å²) in [6.45, 7) is -0.580. The van der Waals surface area contributed by atoms with Crippen molar-refractivity contribution < 1.29 is 26.0 Å². The molecular weight excluding hydrogens is 553 g/mol. The fraction of sp³-hybridized carbons (Fsp3) is 0.0385. The van der Waals surface area contributed by atoms with Gasteiger partial charge in [0.25, 0.3) is 20.0 Å². The molecule has 1 aliphatic rings. The molecule has 0 spiro atoms. The number of anilines is 3. The molecule has 1 aliphatic heterocycles. The third kappa shape index (κ3) is 4.83. The Morgan fingerprint density at radius 3 is 2.32 bits per heavy atom. The Hall–Kier alpha value is -3.93. The van der Waals surface area contributed by atoms with Gasteiger partial charge >= 0.3 is 0 Å². The first-order valence-corrected chi connectivity index (χ1v) is 14.5. The first-order valence-electron chi connectivity index (χ1n) is 11.2. The molecule has 38 heavy (non-hydrogen) atoms. The van der Waals surface area contributed by atoms with Crippen LogP contribution in [0.3, 0.4) is 0 Å². The molecule has 0 aliphatic carbocycles. The van der Waals surface area contributed by atoms with E-state index in [-0.39, 0.29) is 31.9 Å². The highest BCUT2D eigenvalue weighted by molar-refractivity contribution is 7.93. The Kier molecular flexibility index (Phi) is 6.59. The lowest BCUT2D eigenvalue weighted by molar-refractivity contribution is -0.114. The molecule has 194 valence electrons.